The highest BCUT2D eigenvalue weighted by Crippen LogP contribution is 2.27. The molecule has 2 saturated heterocycles. The van der Waals surface area contributed by atoms with Crippen LogP contribution in [-0.4, -0.2) is 70.1 Å². The van der Waals surface area contributed by atoms with Gasteiger partial charge in [0.15, 0.2) is 5.58 Å². The maximum atomic E-state index is 13.2. The molecule has 36 heavy (non-hydrogen) atoms. The number of piperazine rings is 1. The van der Waals surface area contributed by atoms with Gasteiger partial charge in [-0.3, -0.25) is 9.69 Å². The van der Waals surface area contributed by atoms with Crippen molar-refractivity contribution in [1.82, 2.24) is 24.9 Å². The van der Waals surface area contributed by atoms with Crippen LogP contribution in [0.2, 0.25) is 0 Å². The van der Waals surface area contributed by atoms with Gasteiger partial charge in [-0.1, -0.05) is 47.1 Å². The second kappa shape index (κ2) is 9.73. The molecule has 0 radical (unpaired) electrons. The van der Waals surface area contributed by atoms with E-state index in [4.69, 9.17) is 8.94 Å². The average molecular weight is 487 g/mol. The zero-order valence-corrected chi connectivity index (χ0v) is 20.5. The third kappa shape index (κ3) is 4.70. The summed E-state index contributed by atoms with van der Waals surface area (Å²) in [7, 11) is 0. The normalized spacial score (nSPS) is 17.7. The Labute approximate surface area is 209 Å². The van der Waals surface area contributed by atoms with Crippen LogP contribution in [-0.2, 0) is 11.3 Å². The maximum absolute atomic E-state index is 13.2. The van der Waals surface area contributed by atoms with Crippen molar-refractivity contribution in [3.8, 4) is 11.4 Å². The maximum Gasteiger partial charge on any atom is 0.298 e. The summed E-state index contributed by atoms with van der Waals surface area (Å²) >= 11 is 0. The Morgan fingerprint density at radius 2 is 1.69 bits per heavy atom. The molecule has 1 amide bonds. The summed E-state index contributed by atoms with van der Waals surface area (Å²) in [4.78, 5) is 28.8. The lowest BCUT2D eigenvalue weighted by Gasteiger charge is -2.38. The number of nitrogens with zero attached hydrogens (tertiary/aromatic N) is 6. The van der Waals surface area contributed by atoms with Crippen LogP contribution in [0.1, 0.15) is 24.3 Å². The molecule has 4 aromatic rings. The van der Waals surface area contributed by atoms with Crippen molar-refractivity contribution in [2.45, 2.75) is 26.3 Å². The number of fused-ring (bicyclic) bond motifs is 1. The predicted octanol–water partition coefficient (Wildman–Crippen LogP) is 3.75. The molecule has 2 aliphatic rings. The van der Waals surface area contributed by atoms with Gasteiger partial charge in [-0.25, -0.2) is 0 Å². The average Bonchev–Trinajstić information content (AvgIpc) is 3.57. The Morgan fingerprint density at radius 3 is 2.44 bits per heavy atom. The van der Waals surface area contributed by atoms with Gasteiger partial charge in [0.25, 0.3) is 6.01 Å². The van der Waals surface area contributed by atoms with Gasteiger partial charge in [0.05, 0.1) is 6.54 Å². The Morgan fingerprint density at radius 1 is 0.944 bits per heavy atom. The van der Waals surface area contributed by atoms with E-state index in [1.807, 2.05) is 53.4 Å². The van der Waals surface area contributed by atoms with Gasteiger partial charge in [0.2, 0.25) is 17.6 Å². The molecular formula is C27H30N6O3. The van der Waals surface area contributed by atoms with Crippen LogP contribution in [0.5, 0.6) is 0 Å². The molecule has 6 rings (SSSR count). The van der Waals surface area contributed by atoms with E-state index in [1.54, 1.807) is 0 Å². The minimum Gasteiger partial charge on any atom is -0.423 e. The van der Waals surface area contributed by atoms with E-state index >= 15 is 0 Å². The number of anilines is 1. The molecule has 2 aliphatic heterocycles. The van der Waals surface area contributed by atoms with E-state index < -0.39 is 0 Å². The second-order valence-corrected chi connectivity index (χ2v) is 9.70. The highest BCUT2D eigenvalue weighted by atomic mass is 16.5. The number of amides is 1. The van der Waals surface area contributed by atoms with Gasteiger partial charge in [-0.05, 0) is 31.9 Å². The summed E-state index contributed by atoms with van der Waals surface area (Å²) < 4.78 is 11.4. The van der Waals surface area contributed by atoms with Gasteiger partial charge in [-0.15, -0.1) is 0 Å². The summed E-state index contributed by atoms with van der Waals surface area (Å²) in [6.45, 7) is 7.27. The molecule has 0 bridgehead atoms. The van der Waals surface area contributed by atoms with Gasteiger partial charge in [-0.2, -0.15) is 9.97 Å². The molecule has 0 saturated carbocycles. The lowest BCUT2D eigenvalue weighted by atomic mass is 9.95. The number of carbonyl (C=O) groups is 1. The Kier molecular flexibility index (Phi) is 6.14. The third-order valence-electron chi connectivity index (χ3n) is 7.22. The molecule has 0 N–H and O–H groups in total. The van der Waals surface area contributed by atoms with Gasteiger partial charge < -0.3 is 18.7 Å². The minimum atomic E-state index is 0.0604. The number of benzene rings is 2. The Bertz CT molecular complexity index is 1300. The number of piperidine rings is 1. The Hall–Kier alpha value is -3.72. The Balaban J connectivity index is 0.983. The molecule has 9 heteroatoms. The standard InChI is InChI=1S/C27H30N6O3/c1-19-6-8-20(9-7-19)25-29-24(36-30-25)18-31-14-16-32(17-15-31)26(34)21-10-12-33(13-11-21)27-28-22-4-2-3-5-23(22)35-27/h2-9,21H,10-18H2,1H3. The number of oxazole rings is 1. The zero-order valence-electron chi connectivity index (χ0n) is 20.5. The van der Waals surface area contributed by atoms with Crippen molar-refractivity contribution in [3.63, 3.8) is 0 Å². The van der Waals surface area contributed by atoms with Crippen LogP contribution in [0, 0.1) is 12.8 Å². The topological polar surface area (TPSA) is 91.7 Å². The number of para-hydroxylation sites is 2. The summed E-state index contributed by atoms with van der Waals surface area (Å²) in [5, 5.41) is 4.13. The lowest BCUT2D eigenvalue weighted by Crippen LogP contribution is -2.51. The molecule has 0 spiro atoms. The molecule has 0 unspecified atom stereocenters. The molecule has 2 fully saturated rings. The number of rotatable bonds is 5. The number of hydrogen-bond donors (Lipinski definition) is 0. The molecular weight excluding hydrogens is 456 g/mol. The van der Waals surface area contributed by atoms with Gasteiger partial charge in [0, 0.05) is 50.7 Å². The van der Waals surface area contributed by atoms with E-state index in [0.717, 1.165) is 68.8 Å². The van der Waals surface area contributed by atoms with Gasteiger partial charge in [0.1, 0.15) is 5.52 Å². The molecule has 186 valence electrons. The van der Waals surface area contributed by atoms with Crippen molar-refractivity contribution in [2.24, 2.45) is 5.92 Å². The minimum absolute atomic E-state index is 0.0604. The van der Waals surface area contributed by atoms with Crippen LogP contribution in [0.15, 0.2) is 57.5 Å². The van der Waals surface area contributed by atoms with Crippen molar-refractivity contribution in [1.29, 1.82) is 0 Å². The van der Waals surface area contributed by atoms with Crippen molar-refractivity contribution >= 4 is 23.0 Å². The van der Waals surface area contributed by atoms with E-state index in [-0.39, 0.29) is 11.8 Å². The molecule has 2 aromatic carbocycles. The molecule has 0 aliphatic carbocycles. The summed E-state index contributed by atoms with van der Waals surface area (Å²) in [5.41, 5.74) is 3.82. The van der Waals surface area contributed by atoms with Crippen molar-refractivity contribution in [2.75, 3.05) is 44.2 Å². The zero-order chi connectivity index (χ0) is 24.5. The fourth-order valence-electron chi connectivity index (χ4n) is 5.03. The highest BCUT2D eigenvalue weighted by molar-refractivity contribution is 5.79. The first-order valence-corrected chi connectivity index (χ1v) is 12.6. The second-order valence-electron chi connectivity index (χ2n) is 9.70. The monoisotopic (exact) mass is 486 g/mol. The van der Waals surface area contributed by atoms with E-state index in [1.165, 1.54) is 5.56 Å². The first-order valence-electron chi connectivity index (χ1n) is 12.6. The van der Waals surface area contributed by atoms with E-state index in [2.05, 4.69) is 31.8 Å². The number of aryl methyl sites for hydroxylation is 1. The summed E-state index contributed by atoms with van der Waals surface area (Å²) in [5.74, 6) is 1.55. The fourth-order valence-corrected chi connectivity index (χ4v) is 5.03. The largest absolute Gasteiger partial charge is 0.423 e. The van der Waals surface area contributed by atoms with Gasteiger partial charge >= 0.3 is 0 Å². The van der Waals surface area contributed by atoms with Crippen molar-refractivity contribution in [3.05, 3.63) is 60.0 Å². The molecule has 9 nitrogen and oxygen atoms in total. The predicted molar refractivity (Wildman–Crippen MR) is 135 cm³/mol. The number of aromatic nitrogens is 3. The smallest absolute Gasteiger partial charge is 0.298 e. The fraction of sp³-hybridized carbons (Fsp3) is 0.407. The highest BCUT2D eigenvalue weighted by Gasteiger charge is 2.32. The lowest BCUT2D eigenvalue weighted by molar-refractivity contribution is -0.138. The summed E-state index contributed by atoms with van der Waals surface area (Å²) in [6.07, 6.45) is 1.64. The molecule has 0 atom stereocenters. The van der Waals surface area contributed by atoms with Crippen LogP contribution in [0.4, 0.5) is 6.01 Å². The van der Waals surface area contributed by atoms with Crippen LogP contribution in [0.3, 0.4) is 0 Å². The summed E-state index contributed by atoms with van der Waals surface area (Å²) in [6, 6.07) is 16.6. The first kappa shape index (κ1) is 22.7. The number of carbonyl (C=O) groups excluding carboxylic acids is 1. The van der Waals surface area contributed by atoms with Crippen LogP contribution in [0.25, 0.3) is 22.5 Å². The molecule has 2 aromatic heterocycles. The van der Waals surface area contributed by atoms with Crippen LogP contribution >= 0.6 is 0 Å². The number of hydrogen-bond acceptors (Lipinski definition) is 8. The van der Waals surface area contributed by atoms with Crippen LogP contribution < -0.4 is 4.90 Å². The molecule has 4 heterocycles. The third-order valence-corrected chi connectivity index (χ3v) is 7.22. The quantitative estimate of drug-likeness (QED) is 0.421. The van der Waals surface area contributed by atoms with E-state index in [9.17, 15) is 4.79 Å². The SMILES string of the molecule is Cc1ccc(-c2noc(CN3CCN(C(=O)C4CCN(c5nc6ccccc6o5)CC4)CC3)n2)cc1. The van der Waals surface area contributed by atoms with E-state index in [0.29, 0.717) is 24.3 Å². The first-order chi connectivity index (χ1) is 17.6. The van der Waals surface area contributed by atoms with Crippen molar-refractivity contribution < 1.29 is 13.7 Å².